The first-order valence-corrected chi connectivity index (χ1v) is 6.66. The van der Waals surface area contributed by atoms with Crippen molar-refractivity contribution in [1.29, 1.82) is 0 Å². The largest absolute Gasteiger partial charge is 0.327 e. The lowest BCUT2D eigenvalue weighted by molar-refractivity contribution is 0.452. The third-order valence-electron chi connectivity index (χ3n) is 3.05. The molecule has 3 unspecified atom stereocenters. The molecule has 0 aromatic carbocycles. The van der Waals surface area contributed by atoms with Crippen molar-refractivity contribution < 1.29 is 0 Å². The van der Waals surface area contributed by atoms with Crippen molar-refractivity contribution in [1.82, 2.24) is 0 Å². The normalized spacial score (nSPS) is 31.6. The van der Waals surface area contributed by atoms with Crippen molar-refractivity contribution >= 4 is 11.8 Å². The van der Waals surface area contributed by atoms with Gasteiger partial charge in [0.2, 0.25) is 0 Å². The summed E-state index contributed by atoms with van der Waals surface area (Å²) in [5.74, 6) is 2.16. The second-order valence-electron chi connectivity index (χ2n) is 4.33. The summed E-state index contributed by atoms with van der Waals surface area (Å²) < 4.78 is 0. The third-order valence-corrected chi connectivity index (χ3v) is 4.82. The minimum Gasteiger partial charge on any atom is -0.327 e. The molecule has 1 rings (SSSR count). The highest BCUT2D eigenvalue weighted by Crippen LogP contribution is 2.29. The van der Waals surface area contributed by atoms with E-state index >= 15 is 0 Å². The summed E-state index contributed by atoms with van der Waals surface area (Å²) in [6.07, 6.45) is 6.64. The van der Waals surface area contributed by atoms with Crippen LogP contribution in [0.2, 0.25) is 0 Å². The smallest absolute Gasteiger partial charge is 0.0199 e. The van der Waals surface area contributed by atoms with Crippen LogP contribution in [0.15, 0.2) is 0 Å². The van der Waals surface area contributed by atoms with Gasteiger partial charge in [0.15, 0.2) is 0 Å². The molecular weight excluding hydrogens is 178 g/mol. The van der Waals surface area contributed by atoms with Crippen LogP contribution in [0.25, 0.3) is 0 Å². The zero-order valence-corrected chi connectivity index (χ0v) is 9.78. The first-order valence-electron chi connectivity index (χ1n) is 5.61. The SMILES string of the molecule is CCC(C)CSC1CCCCC1N. The predicted molar refractivity (Wildman–Crippen MR) is 62.1 cm³/mol. The van der Waals surface area contributed by atoms with Crippen LogP contribution in [0.3, 0.4) is 0 Å². The highest BCUT2D eigenvalue weighted by Gasteiger charge is 2.22. The van der Waals surface area contributed by atoms with E-state index in [1.807, 2.05) is 0 Å². The quantitative estimate of drug-likeness (QED) is 0.756. The van der Waals surface area contributed by atoms with E-state index in [0.29, 0.717) is 6.04 Å². The van der Waals surface area contributed by atoms with Crippen molar-refractivity contribution in [3.63, 3.8) is 0 Å². The van der Waals surface area contributed by atoms with Crippen LogP contribution >= 0.6 is 11.8 Å². The van der Waals surface area contributed by atoms with Gasteiger partial charge in [-0.05, 0) is 24.5 Å². The van der Waals surface area contributed by atoms with Crippen molar-refractivity contribution in [2.24, 2.45) is 11.7 Å². The van der Waals surface area contributed by atoms with Crippen LogP contribution in [0.5, 0.6) is 0 Å². The van der Waals surface area contributed by atoms with Crippen molar-refractivity contribution in [3.05, 3.63) is 0 Å². The van der Waals surface area contributed by atoms with Crippen molar-refractivity contribution in [3.8, 4) is 0 Å². The van der Waals surface area contributed by atoms with Crippen LogP contribution in [-0.2, 0) is 0 Å². The van der Waals surface area contributed by atoms with Gasteiger partial charge in [-0.3, -0.25) is 0 Å². The molecule has 0 bridgehead atoms. The molecule has 0 spiro atoms. The van der Waals surface area contributed by atoms with Crippen LogP contribution in [-0.4, -0.2) is 17.0 Å². The lowest BCUT2D eigenvalue weighted by atomic mass is 9.96. The minimum atomic E-state index is 0.475. The lowest BCUT2D eigenvalue weighted by Gasteiger charge is -2.28. The Morgan fingerprint density at radius 3 is 2.69 bits per heavy atom. The molecule has 1 aliphatic rings. The standard InChI is InChI=1S/C11H23NS/c1-3-9(2)8-13-11-7-5-4-6-10(11)12/h9-11H,3-8,12H2,1-2H3. The number of nitrogens with two attached hydrogens (primary N) is 1. The summed E-state index contributed by atoms with van der Waals surface area (Å²) in [4.78, 5) is 0. The fourth-order valence-corrected chi connectivity index (χ4v) is 3.27. The molecule has 1 aliphatic carbocycles. The van der Waals surface area contributed by atoms with Gasteiger partial charge in [0.25, 0.3) is 0 Å². The maximum absolute atomic E-state index is 6.09. The van der Waals surface area contributed by atoms with Crippen LogP contribution in [0.1, 0.15) is 46.0 Å². The molecule has 1 nitrogen and oxygen atoms in total. The third kappa shape index (κ3) is 3.90. The van der Waals surface area contributed by atoms with Gasteiger partial charge in [-0.1, -0.05) is 33.1 Å². The van der Waals surface area contributed by atoms with Gasteiger partial charge < -0.3 is 5.73 Å². The number of rotatable bonds is 4. The summed E-state index contributed by atoms with van der Waals surface area (Å²) in [5.41, 5.74) is 6.09. The fraction of sp³-hybridized carbons (Fsp3) is 1.00. The maximum atomic E-state index is 6.09. The second-order valence-corrected chi connectivity index (χ2v) is 5.61. The topological polar surface area (TPSA) is 26.0 Å². The molecule has 2 heteroatoms. The van der Waals surface area contributed by atoms with E-state index in [1.54, 1.807) is 0 Å². The maximum Gasteiger partial charge on any atom is 0.0199 e. The van der Waals surface area contributed by atoms with E-state index in [2.05, 4.69) is 25.6 Å². The Morgan fingerprint density at radius 2 is 2.08 bits per heavy atom. The average Bonchev–Trinajstić information content (AvgIpc) is 2.16. The molecule has 0 aliphatic heterocycles. The van der Waals surface area contributed by atoms with Gasteiger partial charge in [0, 0.05) is 11.3 Å². The number of hydrogen-bond acceptors (Lipinski definition) is 2. The second kappa shape index (κ2) is 5.92. The van der Waals surface area contributed by atoms with Gasteiger partial charge in [0.05, 0.1) is 0 Å². The monoisotopic (exact) mass is 201 g/mol. The summed E-state index contributed by atoms with van der Waals surface area (Å²) in [6.45, 7) is 4.60. The molecule has 1 saturated carbocycles. The number of thioether (sulfide) groups is 1. The van der Waals surface area contributed by atoms with Crippen molar-refractivity contribution in [2.75, 3.05) is 5.75 Å². The summed E-state index contributed by atoms with van der Waals surface area (Å²) in [6, 6.07) is 0.475. The first-order chi connectivity index (χ1) is 6.24. The Labute approximate surface area is 86.8 Å². The van der Waals surface area contributed by atoms with Gasteiger partial charge in [-0.25, -0.2) is 0 Å². The molecule has 0 aromatic heterocycles. The Bertz CT molecular complexity index is 138. The molecule has 13 heavy (non-hydrogen) atoms. The Hall–Kier alpha value is 0.310. The van der Waals surface area contributed by atoms with Crippen LogP contribution in [0, 0.1) is 5.92 Å². The summed E-state index contributed by atoms with van der Waals surface area (Å²) in [5, 5.41) is 0.753. The van der Waals surface area contributed by atoms with Gasteiger partial charge >= 0.3 is 0 Å². The molecule has 78 valence electrons. The Balaban J connectivity index is 2.18. The fourth-order valence-electron chi connectivity index (χ4n) is 1.74. The van der Waals surface area contributed by atoms with Crippen LogP contribution < -0.4 is 5.73 Å². The van der Waals surface area contributed by atoms with E-state index in [9.17, 15) is 0 Å². The molecule has 0 aromatic rings. The predicted octanol–water partition coefficient (Wildman–Crippen LogP) is 3.04. The summed E-state index contributed by atoms with van der Waals surface area (Å²) in [7, 11) is 0. The number of hydrogen-bond donors (Lipinski definition) is 1. The molecular formula is C11H23NS. The zero-order valence-electron chi connectivity index (χ0n) is 8.96. The molecule has 0 saturated heterocycles. The highest BCUT2D eigenvalue weighted by molar-refractivity contribution is 7.99. The average molecular weight is 201 g/mol. The molecule has 0 heterocycles. The van der Waals surface area contributed by atoms with E-state index in [-0.39, 0.29) is 0 Å². The first kappa shape index (κ1) is 11.4. The van der Waals surface area contributed by atoms with Gasteiger partial charge in [-0.2, -0.15) is 11.8 Å². The lowest BCUT2D eigenvalue weighted by Crippen LogP contribution is -2.35. The Morgan fingerprint density at radius 1 is 1.38 bits per heavy atom. The van der Waals surface area contributed by atoms with Crippen LogP contribution in [0.4, 0.5) is 0 Å². The molecule has 3 atom stereocenters. The van der Waals surface area contributed by atoms with Gasteiger partial charge in [0.1, 0.15) is 0 Å². The van der Waals surface area contributed by atoms with E-state index < -0.39 is 0 Å². The summed E-state index contributed by atoms with van der Waals surface area (Å²) >= 11 is 2.11. The van der Waals surface area contributed by atoms with E-state index in [4.69, 9.17) is 5.73 Å². The minimum absolute atomic E-state index is 0.475. The van der Waals surface area contributed by atoms with Crippen molar-refractivity contribution in [2.45, 2.75) is 57.2 Å². The highest BCUT2D eigenvalue weighted by atomic mass is 32.2. The molecule has 0 radical (unpaired) electrons. The zero-order chi connectivity index (χ0) is 9.68. The molecule has 2 N–H and O–H groups in total. The van der Waals surface area contributed by atoms with E-state index in [0.717, 1.165) is 11.2 Å². The Kier molecular flexibility index (Phi) is 5.18. The molecule has 0 amide bonds. The molecule has 1 fully saturated rings. The van der Waals surface area contributed by atoms with E-state index in [1.165, 1.54) is 37.9 Å². The van der Waals surface area contributed by atoms with Gasteiger partial charge in [-0.15, -0.1) is 0 Å².